The van der Waals surface area contributed by atoms with E-state index in [-0.39, 0.29) is 0 Å². The molecule has 1 unspecified atom stereocenters. The summed E-state index contributed by atoms with van der Waals surface area (Å²) in [6.45, 7) is 8.88. The van der Waals surface area contributed by atoms with Gasteiger partial charge in [0.1, 0.15) is 0 Å². The topological polar surface area (TPSA) is 0 Å². The maximum Gasteiger partial charge on any atom is 0.0706 e. The summed E-state index contributed by atoms with van der Waals surface area (Å²) >= 11 is 0. The highest BCUT2D eigenvalue weighted by molar-refractivity contribution is 6.12. The Kier molecular flexibility index (Phi) is 4.08. The van der Waals surface area contributed by atoms with Gasteiger partial charge in [-0.25, -0.2) is 0 Å². The first-order chi connectivity index (χ1) is 4.54. The minimum atomic E-state index is 0.337. The van der Waals surface area contributed by atoms with Crippen molar-refractivity contribution in [3.63, 3.8) is 0 Å². The summed E-state index contributed by atoms with van der Waals surface area (Å²) in [4.78, 5) is 0. The monoisotopic (exact) mass is 138 g/mol. The van der Waals surface area contributed by atoms with Crippen molar-refractivity contribution in [3.05, 3.63) is 0 Å². The Balaban J connectivity index is 3.82. The van der Waals surface area contributed by atoms with Gasteiger partial charge in [-0.3, -0.25) is 0 Å². The van der Waals surface area contributed by atoms with Gasteiger partial charge < -0.3 is 0 Å². The molecule has 0 bridgehead atoms. The van der Waals surface area contributed by atoms with Crippen molar-refractivity contribution >= 4 is 7.85 Å². The van der Waals surface area contributed by atoms with Crippen molar-refractivity contribution in [3.8, 4) is 0 Å². The zero-order valence-corrected chi connectivity index (χ0v) is 7.78. The lowest BCUT2D eigenvalue weighted by atomic mass is 9.64. The van der Waals surface area contributed by atoms with Crippen LogP contribution in [0.3, 0.4) is 0 Å². The normalized spacial score (nSPS) is 15.2. The lowest BCUT2D eigenvalue weighted by Crippen LogP contribution is -2.18. The molecule has 0 aliphatic rings. The zero-order chi connectivity index (χ0) is 8.20. The lowest BCUT2D eigenvalue weighted by molar-refractivity contribution is 0.302. The molecular weight excluding hydrogens is 119 g/mol. The zero-order valence-electron chi connectivity index (χ0n) is 7.78. The van der Waals surface area contributed by atoms with Gasteiger partial charge in [-0.2, -0.15) is 0 Å². The molecule has 58 valence electrons. The van der Waals surface area contributed by atoms with Crippen molar-refractivity contribution in [2.45, 2.75) is 52.8 Å². The van der Waals surface area contributed by atoms with Crippen molar-refractivity contribution in [1.29, 1.82) is 0 Å². The van der Waals surface area contributed by atoms with Crippen LogP contribution >= 0.6 is 0 Å². The van der Waals surface area contributed by atoms with Crippen molar-refractivity contribution in [2.24, 2.45) is 5.41 Å². The standard InChI is InChI=1S/C9H19B/c1-5-7-9(3,4)8(10)6-2/h8H,5-7H2,1-4H3. The van der Waals surface area contributed by atoms with Crippen LogP contribution in [0, 0.1) is 5.41 Å². The second-order valence-corrected chi connectivity index (χ2v) is 3.75. The summed E-state index contributed by atoms with van der Waals surface area (Å²) in [5.41, 5.74) is 0.337. The van der Waals surface area contributed by atoms with Gasteiger partial charge >= 0.3 is 0 Å². The molecule has 0 aromatic carbocycles. The predicted molar refractivity (Wildman–Crippen MR) is 48.5 cm³/mol. The molecule has 0 amide bonds. The quantitative estimate of drug-likeness (QED) is 0.523. The Morgan fingerprint density at radius 2 is 1.80 bits per heavy atom. The Bertz CT molecular complexity index is 86.7. The lowest BCUT2D eigenvalue weighted by Gasteiger charge is -2.31. The minimum absolute atomic E-state index is 0.337. The van der Waals surface area contributed by atoms with Crippen molar-refractivity contribution < 1.29 is 0 Å². The first kappa shape index (κ1) is 10.1. The van der Waals surface area contributed by atoms with Crippen LogP contribution < -0.4 is 0 Å². The number of hydrogen-bond donors (Lipinski definition) is 0. The second-order valence-electron chi connectivity index (χ2n) is 3.75. The maximum absolute atomic E-state index is 5.94. The molecule has 0 nitrogen and oxygen atoms in total. The molecule has 2 radical (unpaired) electrons. The molecule has 0 aromatic heterocycles. The first-order valence-electron chi connectivity index (χ1n) is 4.30. The molecule has 1 heteroatoms. The van der Waals surface area contributed by atoms with Gasteiger partial charge in [-0.15, -0.1) is 0 Å². The van der Waals surface area contributed by atoms with E-state index in [1.807, 2.05) is 0 Å². The summed E-state index contributed by atoms with van der Waals surface area (Å²) in [6.07, 6.45) is 3.57. The first-order valence-corrected chi connectivity index (χ1v) is 4.30. The van der Waals surface area contributed by atoms with Gasteiger partial charge in [-0.05, 0) is 11.8 Å². The van der Waals surface area contributed by atoms with Crippen LogP contribution in [0.2, 0.25) is 5.82 Å². The average molecular weight is 138 g/mol. The summed E-state index contributed by atoms with van der Waals surface area (Å²) in [6, 6.07) is 0. The highest BCUT2D eigenvalue weighted by Gasteiger charge is 2.22. The van der Waals surface area contributed by atoms with Crippen molar-refractivity contribution in [1.82, 2.24) is 0 Å². The fourth-order valence-electron chi connectivity index (χ4n) is 1.38. The van der Waals surface area contributed by atoms with Gasteiger partial charge in [0.2, 0.25) is 0 Å². The third-order valence-electron chi connectivity index (χ3n) is 2.34. The van der Waals surface area contributed by atoms with Gasteiger partial charge in [0.25, 0.3) is 0 Å². The van der Waals surface area contributed by atoms with E-state index >= 15 is 0 Å². The Hall–Kier alpha value is 0.0649. The van der Waals surface area contributed by atoms with Crippen LogP contribution in [0.15, 0.2) is 0 Å². The van der Waals surface area contributed by atoms with Crippen LogP contribution in [0.4, 0.5) is 0 Å². The van der Waals surface area contributed by atoms with E-state index in [0.717, 1.165) is 6.42 Å². The van der Waals surface area contributed by atoms with E-state index in [1.54, 1.807) is 0 Å². The summed E-state index contributed by atoms with van der Waals surface area (Å²) in [7, 11) is 5.94. The van der Waals surface area contributed by atoms with Crippen LogP contribution in [0.1, 0.15) is 47.0 Å². The van der Waals surface area contributed by atoms with Gasteiger partial charge in [0, 0.05) is 0 Å². The van der Waals surface area contributed by atoms with Gasteiger partial charge in [0.15, 0.2) is 0 Å². The molecule has 0 N–H and O–H groups in total. The van der Waals surface area contributed by atoms with E-state index in [1.165, 1.54) is 12.8 Å². The van der Waals surface area contributed by atoms with Crippen molar-refractivity contribution in [2.75, 3.05) is 0 Å². The van der Waals surface area contributed by atoms with E-state index in [4.69, 9.17) is 7.85 Å². The molecule has 0 rings (SSSR count). The van der Waals surface area contributed by atoms with Crippen LogP contribution in [0.5, 0.6) is 0 Å². The SMILES string of the molecule is [B]C(CC)C(C)(C)CCC. The van der Waals surface area contributed by atoms with E-state index in [9.17, 15) is 0 Å². The van der Waals surface area contributed by atoms with E-state index in [0.29, 0.717) is 11.2 Å². The third kappa shape index (κ3) is 2.77. The molecule has 0 fully saturated rings. The molecule has 0 saturated carbocycles. The molecular formula is C9H19B. The Morgan fingerprint density at radius 1 is 1.30 bits per heavy atom. The summed E-state index contributed by atoms with van der Waals surface area (Å²) in [5.74, 6) is 0.368. The minimum Gasteiger partial charge on any atom is -0.0726 e. The van der Waals surface area contributed by atoms with Crippen LogP contribution in [-0.4, -0.2) is 7.85 Å². The fraction of sp³-hybridized carbons (Fsp3) is 1.00. The fourth-order valence-corrected chi connectivity index (χ4v) is 1.38. The van der Waals surface area contributed by atoms with Crippen LogP contribution in [0.25, 0.3) is 0 Å². The second kappa shape index (κ2) is 4.05. The van der Waals surface area contributed by atoms with E-state index < -0.39 is 0 Å². The molecule has 1 atom stereocenters. The molecule has 0 spiro atoms. The maximum atomic E-state index is 5.94. The third-order valence-corrected chi connectivity index (χ3v) is 2.34. The Labute approximate surface area is 66.8 Å². The smallest absolute Gasteiger partial charge is 0.0706 e. The molecule has 0 saturated heterocycles. The average Bonchev–Trinajstić information content (AvgIpc) is 1.86. The van der Waals surface area contributed by atoms with Gasteiger partial charge in [0.05, 0.1) is 7.85 Å². The molecule has 0 aliphatic carbocycles. The highest BCUT2D eigenvalue weighted by atomic mass is 14.2. The molecule has 10 heavy (non-hydrogen) atoms. The predicted octanol–water partition coefficient (Wildman–Crippen LogP) is 3.18. The highest BCUT2D eigenvalue weighted by Crippen LogP contribution is 2.36. The largest absolute Gasteiger partial charge is 0.0726 e. The summed E-state index contributed by atoms with van der Waals surface area (Å²) < 4.78 is 0. The molecule has 0 aliphatic heterocycles. The number of rotatable bonds is 4. The number of hydrogen-bond acceptors (Lipinski definition) is 0. The van der Waals surface area contributed by atoms with E-state index in [2.05, 4.69) is 27.7 Å². The van der Waals surface area contributed by atoms with Gasteiger partial charge in [-0.1, -0.05) is 46.4 Å². The van der Waals surface area contributed by atoms with Crippen LogP contribution in [-0.2, 0) is 0 Å². The molecule has 0 aromatic rings. The summed E-state index contributed by atoms with van der Waals surface area (Å²) in [5, 5.41) is 0. The Morgan fingerprint density at radius 3 is 2.10 bits per heavy atom. The molecule has 0 heterocycles.